The highest BCUT2D eigenvalue weighted by molar-refractivity contribution is 9.10. The van der Waals surface area contributed by atoms with E-state index in [9.17, 15) is 9.59 Å². The van der Waals surface area contributed by atoms with Crippen LogP contribution < -0.4 is 5.32 Å². The van der Waals surface area contributed by atoms with Gasteiger partial charge in [0.05, 0.1) is 12.5 Å². The summed E-state index contributed by atoms with van der Waals surface area (Å²) in [5, 5.41) is 2.98. The van der Waals surface area contributed by atoms with Gasteiger partial charge in [0.2, 0.25) is 11.8 Å². The van der Waals surface area contributed by atoms with Gasteiger partial charge in [-0.3, -0.25) is 14.5 Å². The number of piperidine rings is 1. The molecule has 148 valence electrons. The molecule has 2 aromatic rings. The quantitative estimate of drug-likeness (QED) is 0.739. The third kappa shape index (κ3) is 5.91. The monoisotopic (exact) mass is 443 g/mol. The predicted molar refractivity (Wildman–Crippen MR) is 115 cm³/mol. The molecule has 1 fully saturated rings. The fourth-order valence-corrected chi connectivity index (χ4v) is 3.71. The second-order valence-electron chi connectivity index (χ2n) is 7.31. The molecule has 1 heterocycles. The highest BCUT2D eigenvalue weighted by Crippen LogP contribution is 2.19. The van der Waals surface area contributed by atoms with Crippen LogP contribution in [0.1, 0.15) is 18.4 Å². The zero-order valence-electron chi connectivity index (χ0n) is 16.1. The van der Waals surface area contributed by atoms with E-state index >= 15 is 0 Å². The van der Waals surface area contributed by atoms with Crippen LogP contribution in [0.25, 0.3) is 0 Å². The maximum Gasteiger partial charge on any atom is 0.236 e. The van der Waals surface area contributed by atoms with E-state index in [1.807, 2.05) is 61.6 Å². The van der Waals surface area contributed by atoms with Crippen molar-refractivity contribution < 1.29 is 9.59 Å². The molecule has 6 heteroatoms. The van der Waals surface area contributed by atoms with Crippen LogP contribution in [-0.4, -0.2) is 48.3 Å². The molecule has 0 aliphatic carbocycles. The van der Waals surface area contributed by atoms with E-state index in [-0.39, 0.29) is 17.7 Å². The fourth-order valence-electron chi connectivity index (χ4n) is 3.44. The van der Waals surface area contributed by atoms with Crippen molar-refractivity contribution in [3.8, 4) is 0 Å². The van der Waals surface area contributed by atoms with Crippen molar-refractivity contribution in [1.29, 1.82) is 0 Å². The normalized spacial score (nSPS) is 17.1. The first-order valence-corrected chi connectivity index (χ1v) is 10.4. The summed E-state index contributed by atoms with van der Waals surface area (Å²) in [5.41, 5.74) is 1.91. The van der Waals surface area contributed by atoms with Gasteiger partial charge < -0.3 is 10.2 Å². The van der Waals surface area contributed by atoms with E-state index < -0.39 is 0 Å². The Hall–Kier alpha value is -2.18. The van der Waals surface area contributed by atoms with Crippen LogP contribution in [0, 0.1) is 5.92 Å². The molecular weight excluding hydrogens is 418 g/mol. The van der Waals surface area contributed by atoms with E-state index in [2.05, 4.69) is 26.1 Å². The fraction of sp³-hybridized carbons (Fsp3) is 0.364. The molecule has 0 radical (unpaired) electrons. The van der Waals surface area contributed by atoms with E-state index in [1.165, 1.54) is 0 Å². The van der Waals surface area contributed by atoms with Gasteiger partial charge in [-0.15, -0.1) is 0 Å². The second kappa shape index (κ2) is 9.85. The van der Waals surface area contributed by atoms with Crippen molar-refractivity contribution in [3.63, 3.8) is 0 Å². The average molecular weight is 444 g/mol. The number of halogens is 1. The van der Waals surface area contributed by atoms with Gasteiger partial charge in [-0.25, -0.2) is 0 Å². The minimum absolute atomic E-state index is 0.0339. The van der Waals surface area contributed by atoms with Gasteiger partial charge in [0, 0.05) is 30.3 Å². The number of anilines is 1. The summed E-state index contributed by atoms with van der Waals surface area (Å²) < 4.78 is 1.03. The Morgan fingerprint density at radius 3 is 2.57 bits per heavy atom. The van der Waals surface area contributed by atoms with Gasteiger partial charge in [0.25, 0.3) is 0 Å². The molecule has 5 nitrogen and oxygen atoms in total. The summed E-state index contributed by atoms with van der Waals surface area (Å²) in [6.07, 6.45) is 1.79. The Bertz CT molecular complexity index is 795. The number of nitrogens with one attached hydrogen (secondary N) is 1. The van der Waals surface area contributed by atoms with Crippen molar-refractivity contribution in [3.05, 3.63) is 64.6 Å². The van der Waals surface area contributed by atoms with E-state index in [0.29, 0.717) is 19.6 Å². The topological polar surface area (TPSA) is 52.7 Å². The number of para-hydroxylation sites is 1. The summed E-state index contributed by atoms with van der Waals surface area (Å²) in [6.45, 7) is 2.41. The van der Waals surface area contributed by atoms with Crippen molar-refractivity contribution >= 4 is 33.4 Å². The molecule has 0 saturated carbocycles. The molecule has 1 saturated heterocycles. The molecular formula is C22H26BrN3O2. The van der Waals surface area contributed by atoms with Crippen molar-refractivity contribution in [1.82, 2.24) is 9.80 Å². The molecule has 1 N–H and O–H groups in total. The standard InChI is InChI=1S/C22H26BrN3O2/c1-25(14-17-9-11-19(23)12-10-17)21(27)16-26-13-5-6-18(15-26)22(28)24-20-7-3-2-4-8-20/h2-4,7-12,18H,5-6,13-16H2,1H3,(H,24,28)/t18-/m1/s1. The first kappa shape index (κ1) is 20.6. The molecule has 2 amide bonds. The number of likely N-dealkylation sites (N-methyl/N-ethyl adjacent to an activating group) is 1. The Morgan fingerprint density at radius 1 is 1.14 bits per heavy atom. The summed E-state index contributed by atoms with van der Waals surface area (Å²) >= 11 is 3.42. The maximum absolute atomic E-state index is 12.6. The molecule has 0 bridgehead atoms. The number of rotatable bonds is 6. The van der Waals surface area contributed by atoms with Crippen molar-refractivity contribution in [2.75, 3.05) is 32.0 Å². The van der Waals surface area contributed by atoms with Crippen LogP contribution in [0.5, 0.6) is 0 Å². The molecule has 2 aromatic carbocycles. The molecule has 0 spiro atoms. The molecule has 1 aliphatic rings. The van der Waals surface area contributed by atoms with Crippen LogP contribution in [0.15, 0.2) is 59.1 Å². The van der Waals surface area contributed by atoms with Crippen molar-refractivity contribution in [2.45, 2.75) is 19.4 Å². The highest BCUT2D eigenvalue weighted by Gasteiger charge is 2.27. The lowest BCUT2D eigenvalue weighted by Gasteiger charge is -2.32. The lowest BCUT2D eigenvalue weighted by molar-refractivity contribution is -0.133. The van der Waals surface area contributed by atoms with Gasteiger partial charge in [0.15, 0.2) is 0 Å². The lowest BCUT2D eigenvalue weighted by Crippen LogP contribution is -2.45. The van der Waals surface area contributed by atoms with E-state index in [0.717, 1.165) is 35.1 Å². The zero-order chi connectivity index (χ0) is 19.9. The molecule has 3 rings (SSSR count). The van der Waals surface area contributed by atoms with Crippen LogP contribution in [0.2, 0.25) is 0 Å². The van der Waals surface area contributed by atoms with Gasteiger partial charge in [0.1, 0.15) is 0 Å². The van der Waals surface area contributed by atoms with Crippen LogP contribution in [0.4, 0.5) is 5.69 Å². The first-order chi connectivity index (χ1) is 13.5. The number of likely N-dealkylation sites (tertiary alicyclic amines) is 1. The number of nitrogens with zero attached hydrogens (tertiary/aromatic N) is 2. The minimum Gasteiger partial charge on any atom is -0.340 e. The Kier molecular flexibility index (Phi) is 7.23. The number of amides is 2. The maximum atomic E-state index is 12.6. The summed E-state index contributed by atoms with van der Waals surface area (Å²) in [4.78, 5) is 29.0. The van der Waals surface area contributed by atoms with Gasteiger partial charge >= 0.3 is 0 Å². The number of hydrogen-bond acceptors (Lipinski definition) is 3. The Morgan fingerprint density at radius 2 is 1.86 bits per heavy atom. The molecule has 1 aliphatic heterocycles. The third-order valence-corrected chi connectivity index (χ3v) is 5.56. The van der Waals surface area contributed by atoms with Gasteiger partial charge in [-0.1, -0.05) is 46.3 Å². The van der Waals surface area contributed by atoms with Gasteiger partial charge in [-0.2, -0.15) is 0 Å². The number of hydrogen-bond donors (Lipinski definition) is 1. The highest BCUT2D eigenvalue weighted by atomic mass is 79.9. The SMILES string of the molecule is CN(Cc1ccc(Br)cc1)C(=O)CN1CCC[C@@H](C(=O)Nc2ccccc2)C1. The lowest BCUT2D eigenvalue weighted by atomic mass is 9.97. The first-order valence-electron chi connectivity index (χ1n) is 9.58. The van der Waals surface area contributed by atoms with Crippen LogP contribution >= 0.6 is 15.9 Å². The molecule has 0 aromatic heterocycles. The molecule has 1 atom stereocenters. The summed E-state index contributed by atoms with van der Waals surface area (Å²) in [5.74, 6) is 0.0251. The summed E-state index contributed by atoms with van der Waals surface area (Å²) in [6, 6.07) is 17.5. The number of benzene rings is 2. The van der Waals surface area contributed by atoms with Crippen molar-refractivity contribution in [2.24, 2.45) is 5.92 Å². The smallest absolute Gasteiger partial charge is 0.236 e. The Balaban J connectivity index is 1.50. The Labute approximate surface area is 174 Å². The minimum atomic E-state index is -0.0847. The average Bonchev–Trinajstić information content (AvgIpc) is 2.70. The van der Waals surface area contributed by atoms with Gasteiger partial charge in [-0.05, 0) is 49.2 Å². The second-order valence-corrected chi connectivity index (χ2v) is 8.22. The zero-order valence-corrected chi connectivity index (χ0v) is 17.7. The van der Waals surface area contributed by atoms with Crippen LogP contribution in [0.3, 0.4) is 0 Å². The van der Waals surface area contributed by atoms with E-state index in [1.54, 1.807) is 4.90 Å². The predicted octanol–water partition coefficient (Wildman–Crippen LogP) is 3.76. The molecule has 0 unspecified atom stereocenters. The largest absolute Gasteiger partial charge is 0.340 e. The number of carbonyl (C=O) groups excluding carboxylic acids is 2. The summed E-state index contributed by atoms with van der Waals surface area (Å²) in [7, 11) is 1.83. The third-order valence-electron chi connectivity index (χ3n) is 5.04. The number of carbonyl (C=O) groups is 2. The van der Waals surface area contributed by atoms with E-state index in [4.69, 9.17) is 0 Å². The van der Waals surface area contributed by atoms with Crippen LogP contribution in [-0.2, 0) is 16.1 Å². The molecule has 28 heavy (non-hydrogen) atoms.